The highest BCUT2D eigenvalue weighted by atomic mass is 16.4. The molecular formula is C15H26N2O3. The van der Waals surface area contributed by atoms with Crippen LogP contribution in [-0.2, 0) is 4.79 Å². The Bertz CT molecular complexity index is 373. The summed E-state index contributed by atoms with van der Waals surface area (Å²) in [5, 5.41) is 11.9. The van der Waals surface area contributed by atoms with Crippen LogP contribution in [-0.4, -0.2) is 41.1 Å². The molecule has 0 atom stereocenters. The van der Waals surface area contributed by atoms with Gasteiger partial charge in [0, 0.05) is 19.1 Å². The molecule has 2 rings (SSSR count). The van der Waals surface area contributed by atoms with E-state index in [0.29, 0.717) is 12.5 Å². The predicted octanol–water partition coefficient (Wildman–Crippen LogP) is 2.46. The molecule has 0 radical (unpaired) electrons. The van der Waals surface area contributed by atoms with E-state index in [9.17, 15) is 9.59 Å². The molecule has 2 fully saturated rings. The van der Waals surface area contributed by atoms with Crippen LogP contribution in [0.25, 0.3) is 0 Å². The van der Waals surface area contributed by atoms with Crippen molar-refractivity contribution in [2.75, 3.05) is 13.1 Å². The highest BCUT2D eigenvalue weighted by molar-refractivity contribution is 5.75. The zero-order valence-corrected chi connectivity index (χ0v) is 12.5. The largest absolute Gasteiger partial charge is 0.481 e. The van der Waals surface area contributed by atoms with E-state index in [4.69, 9.17) is 5.11 Å². The van der Waals surface area contributed by atoms with Crippen LogP contribution in [0.2, 0.25) is 0 Å². The first-order chi connectivity index (χ1) is 9.42. The Morgan fingerprint density at radius 3 is 2.40 bits per heavy atom. The minimum Gasteiger partial charge on any atom is -0.481 e. The number of hydrogen-bond donors (Lipinski definition) is 2. The summed E-state index contributed by atoms with van der Waals surface area (Å²) < 4.78 is 0. The van der Waals surface area contributed by atoms with Gasteiger partial charge in [0.05, 0.1) is 6.42 Å². The standard InChI is InChI=1S/C15H26N2O3/c1-11(2)17(9-12-4-5-12)14(20)16-10-15(6-3-7-15)8-13(18)19/h11-12H,3-10H2,1-2H3,(H,16,20)(H,18,19). The molecule has 2 amide bonds. The number of carbonyl (C=O) groups excluding carboxylic acids is 1. The Kier molecular flexibility index (Phi) is 4.55. The highest BCUT2D eigenvalue weighted by Crippen LogP contribution is 2.43. The molecule has 2 aliphatic rings. The molecule has 2 aliphatic carbocycles. The number of nitrogens with one attached hydrogen (secondary N) is 1. The monoisotopic (exact) mass is 282 g/mol. The van der Waals surface area contributed by atoms with Crippen molar-refractivity contribution >= 4 is 12.0 Å². The second-order valence-corrected chi connectivity index (χ2v) is 6.77. The van der Waals surface area contributed by atoms with Crippen molar-refractivity contribution < 1.29 is 14.7 Å². The Hall–Kier alpha value is -1.26. The molecule has 0 aromatic carbocycles. The van der Waals surface area contributed by atoms with Gasteiger partial charge in [0.1, 0.15) is 0 Å². The summed E-state index contributed by atoms with van der Waals surface area (Å²) in [6.07, 6.45) is 5.49. The normalized spacial score (nSPS) is 20.4. The zero-order chi connectivity index (χ0) is 14.8. The highest BCUT2D eigenvalue weighted by Gasteiger charge is 2.39. The first kappa shape index (κ1) is 15.1. The van der Waals surface area contributed by atoms with Crippen molar-refractivity contribution in [1.29, 1.82) is 0 Å². The van der Waals surface area contributed by atoms with E-state index in [1.54, 1.807) is 0 Å². The van der Waals surface area contributed by atoms with Gasteiger partial charge in [-0.15, -0.1) is 0 Å². The fourth-order valence-corrected chi connectivity index (χ4v) is 2.89. The number of carbonyl (C=O) groups is 2. The summed E-state index contributed by atoms with van der Waals surface area (Å²) in [7, 11) is 0. The van der Waals surface area contributed by atoms with Gasteiger partial charge in [-0.3, -0.25) is 4.79 Å². The summed E-state index contributed by atoms with van der Waals surface area (Å²) in [5.74, 6) is -0.0996. The van der Waals surface area contributed by atoms with Crippen molar-refractivity contribution in [3.8, 4) is 0 Å². The van der Waals surface area contributed by atoms with Gasteiger partial charge in [0.25, 0.3) is 0 Å². The number of rotatable bonds is 7. The van der Waals surface area contributed by atoms with E-state index in [-0.39, 0.29) is 23.9 Å². The number of nitrogens with zero attached hydrogens (tertiary/aromatic N) is 1. The van der Waals surface area contributed by atoms with E-state index in [1.807, 2.05) is 18.7 Å². The average Bonchev–Trinajstić information content (AvgIpc) is 3.12. The summed E-state index contributed by atoms with van der Waals surface area (Å²) in [6.45, 7) is 5.37. The number of carboxylic acid groups (broad SMARTS) is 1. The quantitative estimate of drug-likeness (QED) is 0.753. The lowest BCUT2D eigenvalue weighted by Crippen LogP contribution is -2.50. The van der Waals surface area contributed by atoms with Gasteiger partial charge in [0.2, 0.25) is 0 Å². The average molecular weight is 282 g/mol. The van der Waals surface area contributed by atoms with E-state index in [2.05, 4.69) is 5.32 Å². The van der Waals surface area contributed by atoms with E-state index < -0.39 is 5.97 Å². The summed E-state index contributed by atoms with van der Waals surface area (Å²) >= 11 is 0. The lowest BCUT2D eigenvalue weighted by atomic mass is 9.66. The molecule has 2 saturated carbocycles. The number of carboxylic acids is 1. The number of urea groups is 1. The van der Waals surface area contributed by atoms with Crippen LogP contribution in [0.1, 0.15) is 52.4 Å². The molecule has 2 N–H and O–H groups in total. The molecule has 0 aromatic rings. The van der Waals surface area contributed by atoms with Crippen LogP contribution < -0.4 is 5.32 Å². The van der Waals surface area contributed by atoms with Crippen LogP contribution in [0.15, 0.2) is 0 Å². The molecule has 20 heavy (non-hydrogen) atoms. The van der Waals surface area contributed by atoms with Gasteiger partial charge >= 0.3 is 12.0 Å². The van der Waals surface area contributed by atoms with Crippen molar-refractivity contribution in [1.82, 2.24) is 10.2 Å². The molecule has 5 heteroatoms. The van der Waals surface area contributed by atoms with E-state index in [0.717, 1.165) is 25.8 Å². The molecule has 0 aliphatic heterocycles. The molecule has 0 saturated heterocycles. The summed E-state index contributed by atoms with van der Waals surface area (Å²) in [5.41, 5.74) is -0.205. The number of amides is 2. The maximum atomic E-state index is 12.3. The maximum absolute atomic E-state index is 12.3. The molecular weight excluding hydrogens is 256 g/mol. The Morgan fingerprint density at radius 1 is 1.35 bits per heavy atom. The molecule has 0 aromatic heterocycles. The van der Waals surface area contributed by atoms with Crippen molar-refractivity contribution in [2.45, 2.75) is 58.4 Å². The van der Waals surface area contributed by atoms with Gasteiger partial charge < -0.3 is 15.3 Å². The zero-order valence-electron chi connectivity index (χ0n) is 12.5. The third-order valence-electron chi connectivity index (χ3n) is 4.59. The Morgan fingerprint density at radius 2 is 2.00 bits per heavy atom. The molecule has 0 heterocycles. The van der Waals surface area contributed by atoms with Crippen molar-refractivity contribution in [3.63, 3.8) is 0 Å². The maximum Gasteiger partial charge on any atom is 0.317 e. The van der Waals surface area contributed by atoms with Gasteiger partial charge in [-0.2, -0.15) is 0 Å². The second kappa shape index (κ2) is 6.02. The molecule has 0 unspecified atom stereocenters. The third-order valence-corrected chi connectivity index (χ3v) is 4.59. The molecule has 5 nitrogen and oxygen atoms in total. The topological polar surface area (TPSA) is 69.6 Å². The lowest BCUT2D eigenvalue weighted by molar-refractivity contribution is -0.141. The lowest BCUT2D eigenvalue weighted by Gasteiger charge is -2.41. The first-order valence-corrected chi connectivity index (χ1v) is 7.68. The predicted molar refractivity (Wildman–Crippen MR) is 76.5 cm³/mol. The van der Waals surface area contributed by atoms with Gasteiger partial charge in [0.15, 0.2) is 0 Å². The molecule has 0 spiro atoms. The van der Waals surface area contributed by atoms with Crippen LogP contribution in [0.5, 0.6) is 0 Å². The SMILES string of the molecule is CC(C)N(CC1CC1)C(=O)NCC1(CC(=O)O)CCC1. The second-order valence-electron chi connectivity index (χ2n) is 6.77. The summed E-state index contributed by atoms with van der Waals surface area (Å²) in [4.78, 5) is 25.1. The van der Waals surface area contributed by atoms with Crippen LogP contribution >= 0.6 is 0 Å². The first-order valence-electron chi connectivity index (χ1n) is 7.68. The van der Waals surface area contributed by atoms with Gasteiger partial charge in [-0.1, -0.05) is 6.42 Å². The third kappa shape index (κ3) is 3.87. The Balaban J connectivity index is 1.84. The minimum absolute atomic E-state index is 0.0384. The van der Waals surface area contributed by atoms with Crippen LogP contribution in [0, 0.1) is 11.3 Å². The number of aliphatic carboxylic acids is 1. The van der Waals surface area contributed by atoms with Gasteiger partial charge in [-0.25, -0.2) is 4.79 Å². The minimum atomic E-state index is -0.766. The van der Waals surface area contributed by atoms with Crippen molar-refractivity contribution in [2.24, 2.45) is 11.3 Å². The molecule has 114 valence electrons. The number of hydrogen-bond acceptors (Lipinski definition) is 2. The van der Waals surface area contributed by atoms with Crippen LogP contribution in [0.3, 0.4) is 0 Å². The molecule has 0 bridgehead atoms. The van der Waals surface area contributed by atoms with Gasteiger partial charge in [-0.05, 0) is 50.9 Å². The summed E-state index contributed by atoms with van der Waals surface area (Å²) in [6, 6.07) is 0.149. The fourth-order valence-electron chi connectivity index (χ4n) is 2.89. The van der Waals surface area contributed by atoms with E-state index >= 15 is 0 Å². The smallest absolute Gasteiger partial charge is 0.317 e. The van der Waals surface area contributed by atoms with E-state index in [1.165, 1.54) is 12.8 Å². The Labute approximate surface area is 120 Å². The fraction of sp³-hybridized carbons (Fsp3) is 0.867. The van der Waals surface area contributed by atoms with Crippen LogP contribution in [0.4, 0.5) is 4.79 Å². The van der Waals surface area contributed by atoms with Crippen molar-refractivity contribution in [3.05, 3.63) is 0 Å².